The van der Waals surface area contributed by atoms with Crippen molar-refractivity contribution in [3.63, 3.8) is 0 Å². The number of nitrogens with one attached hydrogen (secondary N) is 2. The van der Waals surface area contributed by atoms with Crippen molar-refractivity contribution < 1.29 is 18.0 Å². The molecule has 162 valence electrons. The molecule has 2 N–H and O–H groups in total. The number of hydrogen-bond donors (Lipinski definition) is 2. The zero-order valence-electron chi connectivity index (χ0n) is 17.5. The number of benzene rings is 2. The number of rotatable bonds is 6. The first-order valence-corrected chi connectivity index (χ1v) is 11.3. The molecule has 0 aliphatic heterocycles. The maximum absolute atomic E-state index is 12.8. The van der Waals surface area contributed by atoms with Gasteiger partial charge in [-0.3, -0.25) is 20.4 Å². The first kappa shape index (κ1) is 22.4. The topological polar surface area (TPSA) is 108 Å². The maximum Gasteiger partial charge on any atom is 0.288 e. The average molecular weight is 441 g/mol. The van der Waals surface area contributed by atoms with E-state index in [1.165, 1.54) is 16.4 Å². The summed E-state index contributed by atoms with van der Waals surface area (Å²) in [6.45, 7) is 5.83. The Morgan fingerprint density at radius 1 is 0.935 bits per heavy atom. The fourth-order valence-electron chi connectivity index (χ4n) is 3.16. The number of aryl methyl sites for hydroxylation is 1. The molecule has 1 aromatic heterocycles. The summed E-state index contributed by atoms with van der Waals surface area (Å²) in [5.74, 6) is -1.20. The second-order valence-corrected chi connectivity index (χ2v) is 8.80. The van der Waals surface area contributed by atoms with E-state index in [1.54, 1.807) is 45.0 Å². The summed E-state index contributed by atoms with van der Waals surface area (Å²) in [6, 6.07) is 15.1. The number of carbonyl (C=O) groups is 2. The van der Waals surface area contributed by atoms with Gasteiger partial charge < -0.3 is 0 Å². The predicted molar refractivity (Wildman–Crippen MR) is 118 cm³/mol. The Labute approximate surface area is 181 Å². The lowest BCUT2D eigenvalue weighted by atomic mass is 10.1. The largest absolute Gasteiger partial charge is 0.288 e. The van der Waals surface area contributed by atoms with Gasteiger partial charge in [0, 0.05) is 24.0 Å². The molecule has 0 unspecified atom stereocenters. The second-order valence-electron chi connectivity index (χ2n) is 6.86. The highest BCUT2D eigenvalue weighted by Gasteiger charge is 2.23. The van der Waals surface area contributed by atoms with Crippen LogP contribution in [-0.4, -0.2) is 42.6 Å². The van der Waals surface area contributed by atoms with E-state index < -0.39 is 21.8 Å². The fourth-order valence-corrected chi connectivity index (χ4v) is 4.64. The van der Waals surface area contributed by atoms with Crippen molar-refractivity contribution in [1.82, 2.24) is 20.1 Å². The van der Waals surface area contributed by atoms with Gasteiger partial charge in [0.25, 0.3) is 11.8 Å². The summed E-state index contributed by atoms with van der Waals surface area (Å²) >= 11 is 0. The number of aromatic nitrogens is 1. The van der Waals surface area contributed by atoms with Crippen LogP contribution in [0, 0.1) is 6.92 Å². The Hall–Kier alpha value is -3.30. The molecule has 2 amide bonds. The summed E-state index contributed by atoms with van der Waals surface area (Å²) in [6.07, 6.45) is 0. The number of fused-ring (bicyclic) bond motifs is 1. The van der Waals surface area contributed by atoms with E-state index in [0.717, 1.165) is 5.39 Å². The number of hydrazine groups is 1. The summed E-state index contributed by atoms with van der Waals surface area (Å²) in [4.78, 5) is 29.4. The molecular weight excluding hydrogens is 416 g/mol. The van der Waals surface area contributed by atoms with Crippen molar-refractivity contribution in [2.24, 2.45) is 0 Å². The van der Waals surface area contributed by atoms with Crippen molar-refractivity contribution >= 4 is 32.7 Å². The number of amides is 2. The van der Waals surface area contributed by atoms with Crippen molar-refractivity contribution in [3.05, 3.63) is 71.4 Å². The van der Waals surface area contributed by atoms with Gasteiger partial charge in [-0.1, -0.05) is 44.2 Å². The number of hydrogen-bond acceptors (Lipinski definition) is 5. The lowest BCUT2D eigenvalue weighted by Gasteiger charge is -2.19. The van der Waals surface area contributed by atoms with Gasteiger partial charge in [-0.25, -0.2) is 13.4 Å². The van der Waals surface area contributed by atoms with Crippen LogP contribution in [0.5, 0.6) is 0 Å². The summed E-state index contributed by atoms with van der Waals surface area (Å²) in [5, 5.41) is 0.893. The lowest BCUT2D eigenvalue weighted by Crippen LogP contribution is -2.42. The molecule has 0 radical (unpaired) electrons. The third kappa shape index (κ3) is 4.73. The average Bonchev–Trinajstić information content (AvgIpc) is 2.77. The summed E-state index contributed by atoms with van der Waals surface area (Å²) in [7, 11) is -3.71. The Morgan fingerprint density at radius 2 is 1.61 bits per heavy atom. The van der Waals surface area contributed by atoms with Crippen molar-refractivity contribution in [2.45, 2.75) is 25.7 Å². The van der Waals surface area contributed by atoms with Crippen LogP contribution in [0.4, 0.5) is 0 Å². The van der Waals surface area contributed by atoms with E-state index in [4.69, 9.17) is 0 Å². The Morgan fingerprint density at radius 3 is 2.32 bits per heavy atom. The van der Waals surface area contributed by atoms with Crippen molar-refractivity contribution in [3.8, 4) is 0 Å². The van der Waals surface area contributed by atoms with Crippen LogP contribution in [0.25, 0.3) is 10.9 Å². The number of carbonyl (C=O) groups excluding carboxylic acids is 2. The molecule has 1 heterocycles. The molecule has 3 rings (SSSR count). The van der Waals surface area contributed by atoms with E-state index in [0.29, 0.717) is 24.2 Å². The van der Waals surface area contributed by atoms with Crippen LogP contribution in [0.2, 0.25) is 0 Å². The summed E-state index contributed by atoms with van der Waals surface area (Å²) < 4.78 is 26.8. The minimum Gasteiger partial charge on any atom is -0.267 e. The molecule has 8 nitrogen and oxygen atoms in total. The van der Waals surface area contributed by atoms with Gasteiger partial charge in [0.05, 0.1) is 10.4 Å². The molecule has 2 aromatic carbocycles. The normalized spacial score (nSPS) is 11.5. The van der Waals surface area contributed by atoms with E-state index in [2.05, 4.69) is 15.8 Å². The van der Waals surface area contributed by atoms with Gasteiger partial charge >= 0.3 is 0 Å². The number of sulfonamides is 1. The molecule has 0 saturated heterocycles. The molecule has 0 aliphatic carbocycles. The molecule has 0 spiro atoms. The zero-order valence-corrected chi connectivity index (χ0v) is 18.4. The highest BCUT2D eigenvalue weighted by atomic mass is 32.2. The monoisotopic (exact) mass is 440 g/mol. The minimum absolute atomic E-state index is 0.0227. The van der Waals surface area contributed by atoms with Crippen molar-refractivity contribution in [1.29, 1.82) is 0 Å². The van der Waals surface area contributed by atoms with Gasteiger partial charge in [-0.2, -0.15) is 4.31 Å². The van der Waals surface area contributed by atoms with Crippen LogP contribution in [0.1, 0.15) is 40.3 Å². The van der Waals surface area contributed by atoms with Gasteiger partial charge in [-0.15, -0.1) is 0 Å². The first-order valence-electron chi connectivity index (χ1n) is 9.85. The van der Waals surface area contributed by atoms with E-state index >= 15 is 0 Å². The Kier molecular flexibility index (Phi) is 6.67. The van der Waals surface area contributed by atoms with Gasteiger partial charge in [0.2, 0.25) is 10.0 Å². The third-order valence-electron chi connectivity index (χ3n) is 4.92. The van der Waals surface area contributed by atoms with Gasteiger partial charge in [0.15, 0.2) is 0 Å². The van der Waals surface area contributed by atoms with Gasteiger partial charge in [0.1, 0.15) is 5.69 Å². The molecular formula is C22H24N4O4S. The quantitative estimate of drug-likeness (QED) is 0.573. The highest BCUT2D eigenvalue weighted by Crippen LogP contribution is 2.19. The Bertz CT molecular complexity index is 1240. The number of nitrogens with zero attached hydrogens (tertiary/aromatic N) is 2. The minimum atomic E-state index is -3.71. The third-order valence-corrected chi connectivity index (χ3v) is 6.96. The van der Waals surface area contributed by atoms with Crippen LogP contribution >= 0.6 is 0 Å². The number of pyridine rings is 1. The summed E-state index contributed by atoms with van der Waals surface area (Å²) in [5.41, 5.74) is 6.20. The van der Waals surface area contributed by atoms with Crippen LogP contribution < -0.4 is 10.9 Å². The fraction of sp³-hybridized carbons (Fsp3) is 0.227. The second kappa shape index (κ2) is 9.23. The predicted octanol–water partition coefficient (Wildman–Crippen LogP) is 2.65. The number of para-hydroxylation sites is 1. The molecule has 0 bridgehead atoms. The molecule has 9 heteroatoms. The molecule has 0 saturated carbocycles. The molecule has 3 aromatic rings. The maximum atomic E-state index is 12.8. The van der Waals surface area contributed by atoms with E-state index in [1.807, 2.05) is 18.2 Å². The van der Waals surface area contributed by atoms with E-state index in [9.17, 15) is 18.0 Å². The van der Waals surface area contributed by atoms with Gasteiger partial charge in [-0.05, 0) is 36.8 Å². The zero-order chi connectivity index (χ0) is 22.6. The van der Waals surface area contributed by atoms with Crippen LogP contribution in [0.15, 0.2) is 59.5 Å². The van der Waals surface area contributed by atoms with Crippen LogP contribution in [0.3, 0.4) is 0 Å². The Balaban J connectivity index is 1.77. The molecule has 0 fully saturated rings. The molecule has 0 atom stereocenters. The first-order chi connectivity index (χ1) is 14.8. The van der Waals surface area contributed by atoms with Crippen LogP contribution in [-0.2, 0) is 10.0 Å². The molecule has 0 aliphatic rings. The standard InChI is InChI=1S/C22H24N4O4S/c1-4-26(5-2)31(29,30)17-12-10-15(3)18(14-17)21(27)24-25-22(28)20-13-11-16-8-6-7-9-19(16)23-20/h6-14H,4-5H2,1-3H3,(H,24,27)(H,25,28). The lowest BCUT2D eigenvalue weighted by molar-refractivity contribution is 0.0843. The molecule has 31 heavy (non-hydrogen) atoms. The van der Waals surface area contributed by atoms with Crippen molar-refractivity contribution in [2.75, 3.05) is 13.1 Å². The smallest absolute Gasteiger partial charge is 0.267 e. The SMILES string of the molecule is CCN(CC)S(=O)(=O)c1ccc(C)c(C(=O)NNC(=O)c2ccc3ccccc3n2)c1. The van der Waals surface area contributed by atoms with E-state index in [-0.39, 0.29) is 16.2 Å². The highest BCUT2D eigenvalue weighted by molar-refractivity contribution is 7.89.